The number of aliphatic hydroxyl groups excluding tert-OH is 3. The molecule has 1 aromatic carbocycles. The Morgan fingerprint density at radius 1 is 0.897 bits per heavy atom. The summed E-state index contributed by atoms with van der Waals surface area (Å²) in [5.74, 6) is -0.922. The third kappa shape index (κ3) is 23.8. The number of thioether (sulfide) groups is 1. The maximum atomic E-state index is 13.9. The molecule has 0 spiro atoms. The van der Waals surface area contributed by atoms with E-state index in [1.165, 1.54) is 18.9 Å². The monoisotopic (exact) mass is 1120 g/mol. The molecule has 6 rings (SSSR count). The number of esters is 3. The Hall–Kier alpha value is -4.37. The van der Waals surface area contributed by atoms with E-state index in [1.54, 1.807) is 56.6 Å². The molecule has 0 radical (unpaired) electrons. The third-order valence-electron chi connectivity index (χ3n) is 14.2. The van der Waals surface area contributed by atoms with Crippen molar-refractivity contribution in [1.82, 2.24) is 10.3 Å². The highest BCUT2D eigenvalue weighted by atomic mass is 32.2. The number of pyridine rings is 1. The number of benzene rings is 1. The molecular formula is C59H99N3O15S. The number of nitrogens with zero attached hydrogens (tertiary/aromatic N) is 2. The predicted molar refractivity (Wildman–Crippen MR) is 306 cm³/mol. The highest BCUT2D eigenvalue weighted by molar-refractivity contribution is 8.00. The van der Waals surface area contributed by atoms with Gasteiger partial charge in [-0.05, 0) is 110 Å². The van der Waals surface area contributed by atoms with Crippen LogP contribution in [0, 0.1) is 23.7 Å². The van der Waals surface area contributed by atoms with E-state index in [0.717, 1.165) is 45.6 Å². The number of methoxy groups -OCH3 is 3. The second-order valence-corrected chi connectivity index (χ2v) is 21.3. The predicted octanol–water partition coefficient (Wildman–Crippen LogP) is 9.16. The third-order valence-corrected chi connectivity index (χ3v) is 15.4. The lowest BCUT2D eigenvalue weighted by atomic mass is 9.79. The normalized spacial score (nSPS) is 24.9. The van der Waals surface area contributed by atoms with Crippen molar-refractivity contribution in [3.63, 3.8) is 0 Å². The summed E-state index contributed by atoms with van der Waals surface area (Å²) in [6, 6.07) is 9.13. The quantitative estimate of drug-likeness (QED) is 0.0673. The molecule has 3 aliphatic heterocycles. The van der Waals surface area contributed by atoms with E-state index >= 15 is 0 Å². The first-order valence-corrected chi connectivity index (χ1v) is 29.2. The molecule has 446 valence electrons. The second kappa shape index (κ2) is 38.3. The summed E-state index contributed by atoms with van der Waals surface area (Å²) >= 11 is 1.39. The number of carbonyl (C=O) groups is 5. The van der Waals surface area contributed by atoms with E-state index < -0.39 is 35.6 Å². The maximum Gasteiger partial charge on any atom is 0.319 e. The topological polar surface area (TPSA) is 239 Å². The molecule has 4 aliphatic rings. The number of Topliss-reactive ketones (excluding diaryl/α,β-unsaturated/α-hetero) is 1. The summed E-state index contributed by atoms with van der Waals surface area (Å²) in [7, 11) is 7.50. The standard InChI is InChI=1S/C39H54N2O9S.C8H16O3.C7H13NO2.2C2H6.CH4O/c1-24(38(45)48-6)10-9-11-30(42)22-25(2)35(43)26(3)34-27(4)49-39(46)36(34)51-21-20-41(37(44)28-16-18-40-19-17-28)29-14-15-32(47-5)33(23-29)50-31-12-7-8-13-31;1-6-4-8(2,10-3)5-7(9)11-6;1-5-3-6(8-2)4-7(9)10-5;3*1-2/h14-19,23-27,30-31,34,36,42H,7-13,20-22H2,1-6H3;6-7,9H,4-5H2,1-3H3;5-6,8H,3-4H2,1-2H3;2*1-2H3;2H,1H3/t24?,25-,26?,27+,30?,34?,36?;;;;;/m1...../s1. The van der Waals surface area contributed by atoms with Crippen LogP contribution in [-0.2, 0) is 42.9 Å². The molecule has 12 atom stereocenters. The van der Waals surface area contributed by atoms with Crippen LogP contribution in [0.15, 0.2) is 42.7 Å². The van der Waals surface area contributed by atoms with Gasteiger partial charge >= 0.3 is 17.9 Å². The van der Waals surface area contributed by atoms with Crippen molar-refractivity contribution in [3.05, 3.63) is 48.3 Å². The minimum Gasteiger partial charge on any atom is -0.493 e. The number of hydrogen-bond donors (Lipinski definition) is 4. The van der Waals surface area contributed by atoms with Gasteiger partial charge in [0.25, 0.3) is 5.91 Å². The molecule has 4 fully saturated rings. The number of amides is 1. The Balaban J connectivity index is 0.000000917. The van der Waals surface area contributed by atoms with Gasteiger partial charge in [-0.3, -0.25) is 29.0 Å². The van der Waals surface area contributed by atoms with E-state index in [2.05, 4.69) is 10.3 Å². The lowest BCUT2D eigenvalue weighted by Gasteiger charge is -2.38. The molecule has 4 N–H and O–H groups in total. The molecule has 2 aromatic rings. The Bertz CT molecular complexity index is 2020. The summed E-state index contributed by atoms with van der Waals surface area (Å²) in [5.41, 5.74) is 0.905. The molecule has 1 saturated carbocycles. The van der Waals surface area contributed by atoms with E-state index in [0.29, 0.717) is 73.1 Å². The first kappa shape index (κ1) is 71.6. The van der Waals surface area contributed by atoms with Crippen molar-refractivity contribution in [2.24, 2.45) is 23.7 Å². The van der Waals surface area contributed by atoms with Crippen LogP contribution >= 0.6 is 11.8 Å². The zero-order chi connectivity index (χ0) is 59.1. The molecule has 78 heavy (non-hydrogen) atoms. The number of anilines is 1. The van der Waals surface area contributed by atoms with Crippen molar-refractivity contribution in [3.8, 4) is 11.5 Å². The van der Waals surface area contributed by atoms with Gasteiger partial charge in [0, 0.05) is 92.9 Å². The molecule has 4 heterocycles. The zero-order valence-electron chi connectivity index (χ0n) is 49.9. The summed E-state index contributed by atoms with van der Waals surface area (Å²) in [6.07, 6.45) is 10.6. The number of nitrogens with one attached hydrogen (secondary N) is 1. The Labute approximate surface area is 471 Å². The van der Waals surface area contributed by atoms with E-state index in [-0.39, 0.29) is 71.9 Å². The van der Waals surface area contributed by atoms with Crippen molar-refractivity contribution in [2.75, 3.05) is 52.7 Å². The van der Waals surface area contributed by atoms with E-state index in [4.69, 9.17) is 38.3 Å². The van der Waals surface area contributed by atoms with Crippen molar-refractivity contribution in [1.29, 1.82) is 0 Å². The minimum absolute atomic E-state index is 0.0276. The molecule has 0 bridgehead atoms. The molecule has 18 nitrogen and oxygen atoms in total. The highest BCUT2D eigenvalue weighted by Crippen LogP contribution is 2.40. The fourth-order valence-corrected chi connectivity index (χ4v) is 11.4. The zero-order valence-corrected chi connectivity index (χ0v) is 50.7. The van der Waals surface area contributed by atoms with Gasteiger partial charge in [-0.1, -0.05) is 54.9 Å². The smallest absolute Gasteiger partial charge is 0.319 e. The van der Waals surface area contributed by atoms with Crippen LogP contribution in [0.25, 0.3) is 0 Å². The van der Waals surface area contributed by atoms with Gasteiger partial charge < -0.3 is 58.7 Å². The molecule has 10 unspecified atom stereocenters. The van der Waals surface area contributed by atoms with E-state index in [1.807, 2.05) is 88.4 Å². The molecular weight excluding hydrogens is 1020 g/mol. The first-order valence-electron chi connectivity index (χ1n) is 28.1. The second-order valence-electron chi connectivity index (χ2n) is 20.1. The van der Waals surface area contributed by atoms with Crippen LogP contribution in [0.1, 0.15) is 164 Å². The van der Waals surface area contributed by atoms with Gasteiger partial charge in [0.1, 0.15) is 23.2 Å². The highest BCUT2D eigenvalue weighted by Gasteiger charge is 2.48. The lowest BCUT2D eigenvalue weighted by molar-refractivity contribution is -0.215. The number of aromatic nitrogens is 1. The fourth-order valence-electron chi connectivity index (χ4n) is 10.0. The molecule has 1 aromatic heterocycles. The van der Waals surface area contributed by atoms with Crippen molar-refractivity contribution in [2.45, 2.75) is 207 Å². The van der Waals surface area contributed by atoms with Crippen LogP contribution in [0.5, 0.6) is 11.5 Å². The number of ketones is 1. The number of carbonyl (C=O) groups excluding carboxylic acids is 5. The van der Waals surface area contributed by atoms with Crippen LogP contribution in [0.4, 0.5) is 5.69 Å². The molecule has 3 saturated heterocycles. The summed E-state index contributed by atoms with van der Waals surface area (Å²) in [4.78, 5) is 68.9. The van der Waals surface area contributed by atoms with Gasteiger partial charge in [-0.15, -0.1) is 11.8 Å². The van der Waals surface area contributed by atoms with Crippen molar-refractivity contribution >= 4 is 47.0 Å². The van der Waals surface area contributed by atoms with Crippen LogP contribution in [-0.4, -0.2) is 151 Å². The Morgan fingerprint density at radius 2 is 1.54 bits per heavy atom. The van der Waals surface area contributed by atoms with Crippen LogP contribution < -0.4 is 19.7 Å². The number of hydrogen-bond acceptors (Lipinski definition) is 18. The fraction of sp³-hybridized carbons (Fsp3) is 0.729. The number of rotatable bonds is 21. The van der Waals surface area contributed by atoms with Crippen LogP contribution in [0.2, 0.25) is 0 Å². The van der Waals surface area contributed by atoms with Crippen LogP contribution in [0.3, 0.4) is 0 Å². The Kier molecular flexibility index (Phi) is 35.2. The number of aliphatic hydroxyl groups is 3. The number of ether oxygens (including phenoxy) is 7. The first-order chi connectivity index (χ1) is 37.2. The van der Waals surface area contributed by atoms with Gasteiger partial charge in [-0.25, -0.2) is 0 Å². The van der Waals surface area contributed by atoms with Gasteiger partial charge in [0.2, 0.25) is 0 Å². The van der Waals surface area contributed by atoms with Gasteiger partial charge in [0.15, 0.2) is 17.8 Å². The van der Waals surface area contributed by atoms with Gasteiger partial charge in [0.05, 0.1) is 50.5 Å². The maximum absolute atomic E-state index is 13.9. The average Bonchev–Trinajstić information content (AvgIpc) is 4.05. The Morgan fingerprint density at radius 3 is 2.10 bits per heavy atom. The molecule has 19 heteroatoms. The SMILES string of the molecule is CC.CC.CNC1CC(=O)OC(C)C1.CO.COC(=O)C(C)CCCC(O)C[C@@H](C)C(=O)C(C)C1C(SCCN(C(=O)c2ccncc2)c2ccc(OC)c(OC3CCCC3)c2)C(=O)O[C@H]1C.COC1(C)CC(C)OC(O)C1. The van der Waals surface area contributed by atoms with Crippen molar-refractivity contribution < 1.29 is 72.5 Å². The average molecular weight is 1120 g/mol. The lowest BCUT2D eigenvalue weighted by Crippen LogP contribution is -2.43. The summed E-state index contributed by atoms with van der Waals surface area (Å²) in [5, 5.41) is 29.4. The van der Waals surface area contributed by atoms with Gasteiger partial charge in [-0.2, -0.15) is 0 Å². The molecule has 1 amide bonds. The minimum atomic E-state index is -0.684. The number of cyclic esters (lactones) is 2. The largest absolute Gasteiger partial charge is 0.493 e. The molecule has 1 aliphatic carbocycles. The summed E-state index contributed by atoms with van der Waals surface area (Å²) < 4.78 is 37.7. The summed E-state index contributed by atoms with van der Waals surface area (Å²) in [6.45, 7) is 21.4. The van der Waals surface area contributed by atoms with E-state index in [9.17, 15) is 34.2 Å².